The minimum Gasteiger partial charge on any atom is -0.343 e. The summed E-state index contributed by atoms with van der Waals surface area (Å²) in [6, 6.07) is 12.6. The third-order valence-electron chi connectivity index (χ3n) is 5.66. The van der Waals surface area contributed by atoms with E-state index in [2.05, 4.69) is 14.9 Å². The number of piperidine rings is 1. The molecule has 2 heterocycles. The first-order valence-electron chi connectivity index (χ1n) is 10.8. The molecule has 1 saturated heterocycles. The molecule has 8 nitrogen and oxygen atoms in total. The van der Waals surface area contributed by atoms with Crippen LogP contribution in [0.3, 0.4) is 0 Å². The van der Waals surface area contributed by atoms with Crippen molar-refractivity contribution < 1.29 is 22.1 Å². The van der Waals surface area contributed by atoms with Crippen LogP contribution in [0.15, 0.2) is 57.9 Å². The number of amides is 1. The van der Waals surface area contributed by atoms with E-state index in [1.54, 1.807) is 54.3 Å². The summed E-state index contributed by atoms with van der Waals surface area (Å²) in [4.78, 5) is 18.9. The van der Waals surface area contributed by atoms with Gasteiger partial charge in [0.2, 0.25) is 27.6 Å². The third-order valence-corrected chi connectivity index (χ3v) is 7.20. The molecule has 1 aromatic heterocycles. The number of carbonyl (C=O) groups is 1. The summed E-state index contributed by atoms with van der Waals surface area (Å²) in [6.45, 7) is 2.61. The molecule has 0 spiro atoms. The molecule has 0 saturated carbocycles. The molecule has 3 aromatic rings. The molecule has 174 valence electrons. The van der Waals surface area contributed by atoms with Crippen LogP contribution in [-0.2, 0) is 21.2 Å². The zero-order valence-corrected chi connectivity index (χ0v) is 19.0. The Hall–Kier alpha value is -3.11. The molecule has 0 atom stereocenters. The van der Waals surface area contributed by atoms with Gasteiger partial charge in [-0.1, -0.05) is 23.4 Å². The Morgan fingerprint density at radius 3 is 2.61 bits per heavy atom. The summed E-state index contributed by atoms with van der Waals surface area (Å²) >= 11 is 0. The van der Waals surface area contributed by atoms with E-state index >= 15 is 0 Å². The zero-order valence-electron chi connectivity index (χ0n) is 18.2. The molecule has 0 bridgehead atoms. The first-order valence-corrected chi connectivity index (χ1v) is 12.2. The fraction of sp³-hybridized carbons (Fsp3) is 0.348. The number of rotatable bonds is 7. The maximum absolute atomic E-state index is 13.4. The van der Waals surface area contributed by atoms with Gasteiger partial charge in [-0.05, 0) is 55.7 Å². The predicted octanol–water partition coefficient (Wildman–Crippen LogP) is 3.09. The zero-order chi connectivity index (χ0) is 23.4. The van der Waals surface area contributed by atoms with Gasteiger partial charge in [-0.25, -0.2) is 17.5 Å². The molecule has 1 N–H and O–H groups in total. The van der Waals surface area contributed by atoms with Gasteiger partial charge in [-0.2, -0.15) is 4.98 Å². The van der Waals surface area contributed by atoms with Crippen LogP contribution in [0.25, 0.3) is 11.4 Å². The standard InChI is InChI=1S/C23H25FN4O4S/c1-16-15-17(7-8-20(16)24)23-25-21(32-26-23)9-10-22(29)28-13-11-18(12-14-28)27-33(30,31)19-5-3-2-4-6-19/h2-8,15,18,27H,9-14H2,1H3. The van der Waals surface area contributed by atoms with E-state index in [1.165, 1.54) is 6.07 Å². The van der Waals surface area contributed by atoms with Crippen LogP contribution in [-0.4, -0.2) is 48.5 Å². The second kappa shape index (κ2) is 9.80. The van der Waals surface area contributed by atoms with E-state index in [1.807, 2.05) is 0 Å². The van der Waals surface area contributed by atoms with Gasteiger partial charge < -0.3 is 9.42 Å². The Bertz CT molecular complexity index is 1220. The van der Waals surface area contributed by atoms with E-state index in [0.29, 0.717) is 55.2 Å². The smallest absolute Gasteiger partial charge is 0.240 e. The summed E-state index contributed by atoms with van der Waals surface area (Å²) in [7, 11) is -3.57. The van der Waals surface area contributed by atoms with Crippen molar-refractivity contribution in [2.75, 3.05) is 13.1 Å². The van der Waals surface area contributed by atoms with Gasteiger partial charge in [0.15, 0.2) is 0 Å². The highest BCUT2D eigenvalue weighted by Crippen LogP contribution is 2.20. The Balaban J connectivity index is 1.26. The maximum Gasteiger partial charge on any atom is 0.240 e. The SMILES string of the molecule is Cc1cc(-c2noc(CCC(=O)N3CCC(NS(=O)(=O)c4ccccc4)CC3)n2)ccc1F. The Labute approximate surface area is 191 Å². The lowest BCUT2D eigenvalue weighted by molar-refractivity contribution is -0.132. The molecule has 2 aromatic carbocycles. The summed E-state index contributed by atoms with van der Waals surface area (Å²) in [5.74, 6) is 0.347. The summed E-state index contributed by atoms with van der Waals surface area (Å²) in [5.41, 5.74) is 1.14. The van der Waals surface area contributed by atoms with Gasteiger partial charge in [0, 0.05) is 37.5 Å². The first-order chi connectivity index (χ1) is 15.8. The van der Waals surface area contributed by atoms with E-state index in [0.717, 1.165) is 0 Å². The number of hydrogen-bond acceptors (Lipinski definition) is 6. The van der Waals surface area contributed by atoms with Gasteiger partial charge in [-0.15, -0.1) is 0 Å². The van der Waals surface area contributed by atoms with Crippen molar-refractivity contribution in [3.63, 3.8) is 0 Å². The lowest BCUT2D eigenvalue weighted by Crippen LogP contribution is -2.46. The number of sulfonamides is 1. The minimum absolute atomic E-state index is 0.0447. The van der Waals surface area contributed by atoms with E-state index in [4.69, 9.17) is 4.52 Å². The maximum atomic E-state index is 13.4. The topological polar surface area (TPSA) is 105 Å². The van der Waals surface area contributed by atoms with Crippen LogP contribution in [0.4, 0.5) is 4.39 Å². The Kier molecular flexibility index (Phi) is 6.85. The lowest BCUT2D eigenvalue weighted by Gasteiger charge is -2.32. The first kappa shape index (κ1) is 23.1. The van der Waals surface area contributed by atoms with Gasteiger partial charge >= 0.3 is 0 Å². The van der Waals surface area contributed by atoms with Gasteiger partial charge in [0.25, 0.3) is 0 Å². The second-order valence-electron chi connectivity index (χ2n) is 8.07. The van der Waals surface area contributed by atoms with Crippen LogP contribution < -0.4 is 4.72 Å². The largest absolute Gasteiger partial charge is 0.343 e. The van der Waals surface area contributed by atoms with Gasteiger partial charge in [0.1, 0.15) is 5.82 Å². The molecule has 0 radical (unpaired) electrons. The van der Waals surface area contributed by atoms with Crippen molar-refractivity contribution >= 4 is 15.9 Å². The number of carbonyl (C=O) groups excluding carboxylic acids is 1. The fourth-order valence-electron chi connectivity index (χ4n) is 3.76. The molecule has 0 unspecified atom stereocenters. The van der Waals surface area contributed by atoms with Crippen LogP contribution in [0.5, 0.6) is 0 Å². The number of aryl methyl sites for hydroxylation is 2. The number of aromatic nitrogens is 2. The molecular weight excluding hydrogens is 447 g/mol. The molecule has 0 aliphatic carbocycles. The lowest BCUT2D eigenvalue weighted by atomic mass is 10.1. The summed E-state index contributed by atoms with van der Waals surface area (Å²) in [5, 5.41) is 3.92. The van der Waals surface area contributed by atoms with Gasteiger partial charge in [-0.3, -0.25) is 4.79 Å². The van der Waals surface area contributed by atoms with Gasteiger partial charge in [0.05, 0.1) is 4.90 Å². The highest BCUT2D eigenvalue weighted by Gasteiger charge is 2.26. The average molecular weight is 473 g/mol. The molecule has 1 fully saturated rings. The van der Waals surface area contributed by atoms with Crippen molar-refractivity contribution in [1.29, 1.82) is 0 Å². The third kappa shape index (κ3) is 5.63. The number of nitrogens with zero attached hydrogens (tertiary/aromatic N) is 3. The van der Waals surface area contributed by atoms with Crippen LogP contribution >= 0.6 is 0 Å². The highest BCUT2D eigenvalue weighted by atomic mass is 32.2. The molecular formula is C23H25FN4O4S. The highest BCUT2D eigenvalue weighted by molar-refractivity contribution is 7.89. The van der Waals surface area contributed by atoms with Crippen molar-refractivity contribution in [3.8, 4) is 11.4 Å². The minimum atomic E-state index is -3.57. The van der Waals surface area contributed by atoms with Crippen molar-refractivity contribution in [2.24, 2.45) is 0 Å². The van der Waals surface area contributed by atoms with Crippen molar-refractivity contribution in [3.05, 3.63) is 65.8 Å². The average Bonchev–Trinajstić information content (AvgIpc) is 3.29. The van der Waals surface area contributed by atoms with Crippen LogP contribution in [0.1, 0.15) is 30.7 Å². The number of hydrogen-bond donors (Lipinski definition) is 1. The van der Waals surface area contributed by atoms with E-state index in [9.17, 15) is 17.6 Å². The Morgan fingerprint density at radius 2 is 1.91 bits per heavy atom. The number of halogens is 1. The molecule has 1 aliphatic rings. The molecule has 10 heteroatoms. The number of nitrogens with one attached hydrogen (secondary N) is 1. The molecule has 4 rings (SSSR count). The fourth-order valence-corrected chi connectivity index (χ4v) is 5.09. The monoisotopic (exact) mass is 472 g/mol. The van der Waals surface area contributed by atoms with Crippen LogP contribution in [0.2, 0.25) is 0 Å². The molecule has 1 aliphatic heterocycles. The summed E-state index contributed by atoms with van der Waals surface area (Å²) in [6.07, 6.45) is 1.61. The van der Waals surface area contributed by atoms with E-state index < -0.39 is 10.0 Å². The number of likely N-dealkylation sites (tertiary alicyclic amines) is 1. The van der Waals surface area contributed by atoms with Crippen molar-refractivity contribution in [2.45, 2.75) is 43.5 Å². The molecule has 33 heavy (non-hydrogen) atoms. The normalized spacial score (nSPS) is 15.0. The molecule has 1 amide bonds. The Morgan fingerprint density at radius 1 is 1.18 bits per heavy atom. The second-order valence-corrected chi connectivity index (χ2v) is 9.78. The quantitative estimate of drug-likeness (QED) is 0.567. The summed E-state index contributed by atoms with van der Waals surface area (Å²) < 4.78 is 46.4. The van der Waals surface area contributed by atoms with E-state index in [-0.39, 0.29) is 29.1 Å². The number of benzene rings is 2. The van der Waals surface area contributed by atoms with Crippen molar-refractivity contribution in [1.82, 2.24) is 19.8 Å². The predicted molar refractivity (Wildman–Crippen MR) is 119 cm³/mol. The van der Waals surface area contributed by atoms with Crippen LogP contribution in [0, 0.1) is 12.7 Å².